The maximum atomic E-state index is 11.9. The van der Waals surface area contributed by atoms with Crippen LogP contribution in [0.3, 0.4) is 0 Å². The van der Waals surface area contributed by atoms with Crippen LogP contribution in [0.1, 0.15) is 17.0 Å². The Labute approximate surface area is 122 Å². The van der Waals surface area contributed by atoms with Gasteiger partial charge in [0, 0.05) is 11.4 Å². The molecule has 3 N–H and O–H groups in total. The van der Waals surface area contributed by atoms with E-state index in [2.05, 4.69) is 10.3 Å². The molecule has 20 heavy (non-hydrogen) atoms. The van der Waals surface area contributed by atoms with Crippen molar-refractivity contribution in [3.63, 3.8) is 0 Å². The molecular weight excluding hydrogens is 274 g/mol. The summed E-state index contributed by atoms with van der Waals surface area (Å²) in [6, 6.07) is 5.38. The van der Waals surface area contributed by atoms with E-state index in [1.54, 1.807) is 12.1 Å². The maximum absolute atomic E-state index is 11.9. The molecule has 2 rings (SSSR count). The second-order valence-corrected chi connectivity index (χ2v) is 5.46. The number of anilines is 2. The number of nitrogens with zero attached hydrogens (tertiary/aromatic N) is 1. The van der Waals surface area contributed by atoms with E-state index in [0.29, 0.717) is 10.9 Å². The first-order valence-electron chi connectivity index (χ1n) is 6.18. The summed E-state index contributed by atoms with van der Waals surface area (Å²) in [4.78, 5) is 16.1. The van der Waals surface area contributed by atoms with Gasteiger partial charge in [-0.3, -0.25) is 4.79 Å². The topological polar surface area (TPSA) is 81.1 Å². The van der Waals surface area contributed by atoms with Crippen molar-refractivity contribution in [3.05, 3.63) is 35.2 Å². The third-order valence-electron chi connectivity index (χ3n) is 2.86. The summed E-state index contributed by atoms with van der Waals surface area (Å²) in [5, 5.41) is 3.36. The molecule has 1 amide bonds. The maximum Gasteiger partial charge on any atom is 0.256 e. The number of hydrogen-bond acceptors (Lipinski definition) is 5. The molecule has 0 fully saturated rings. The van der Waals surface area contributed by atoms with Gasteiger partial charge >= 0.3 is 0 Å². The third-order valence-corrected chi connectivity index (χ3v) is 3.69. The summed E-state index contributed by atoms with van der Waals surface area (Å²) in [6.07, 6.45) is 0. The van der Waals surface area contributed by atoms with E-state index in [1.165, 1.54) is 11.8 Å². The molecule has 1 aromatic heterocycles. The van der Waals surface area contributed by atoms with Crippen molar-refractivity contribution in [3.8, 4) is 0 Å². The second kappa shape index (κ2) is 6.00. The molecule has 5 nitrogen and oxygen atoms in total. The third kappa shape index (κ3) is 3.54. The van der Waals surface area contributed by atoms with Crippen molar-refractivity contribution in [2.24, 2.45) is 0 Å². The van der Waals surface area contributed by atoms with Crippen molar-refractivity contribution < 1.29 is 9.21 Å². The molecule has 0 saturated heterocycles. The van der Waals surface area contributed by atoms with Crippen molar-refractivity contribution >= 4 is 29.0 Å². The predicted octanol–water partition coefficient (Wildman–Crippen LogP) is 2.91. The van der Waals surface area contributed by atoms with Crippen LogP contribution in [-0.2, 0) is 4.79 Å². The zero-order valence-electron chi connectivity index (χ0n) is 11.7. The first-order chi connectivity index (χ1) is 9.45. The van der Waals surface area contributed by atoms with Gasteiger partial charge in [-0.2, -0.15) is 0 Å². The number of amides is 1. The van der Waals surface area contributed by atoms with E-state index < -0.39 is 0 Å². The Kier molecular flexibility index (Phi) is 4.34. The number of benzene rings is 1. The molecule has 0 bridgehead atoms. The standard InChI is InChI=1S/C14H17N3O2S/c1-8-6-11(15)4-5-12(8)17-13(18)7-20-14-16-9(2)10(3)19-14/h4-6H,7,15H2,1-3H3,(H,17,18). The Balaban J connectivity index is 1.92. The predicted molar refractivity (Wildman–Crippen MR) is 80.9 cm³/mol. The SMILES string of the molecule is Cc1cc(N)ccc1NC(=O)CSc1nc(C)c(C)o1. The zero-order chi connectivity index (χ0) is 14.7. The number of oxazole rings is 1. The van der Waals surface area contributed by atoms with Crippen molar-refractivity contribution in [2.45, 2.75) is 26.0 Å². The molecule has 1 heterocycles. The van der Waals surface area contributed by atoms with Crippen molar-refractivity contribution in [1.82, 2.24) is 4.98 Å². The summed E-state index contributed by atoms with van der Waals surface area (Å²) < 4.78 is 5.41. The number of carbonyl (C=O) groups is 1. The van der Waals surface area contributed by atoms with E-state index in [0.717, 1.165) is 22.7 Å². The van der Waals surface area contributed by atoms with Gasteiger partial charge in [-0.1, -0.05) is 11.8 Å². The number of hydrogen-bond donors (Lipinski definition) is 2. The number of thioether (sulfide) groups is 1. The van der Waals surface area contributed by atoms with Gasteiger partial charge in [0.05, 0.1) is 11.4 Å². The average Bonchev–Trinajstić information content (AvgIpc) is 2.70. The average molecular weight is 291 g/mol. The van der Waals surface area contributed by atoms with Gasteiger partial charge in [0.15, 0.2) is 0 Å². The summed E-state index contributed by atoms with van der Waals surface area (Å²) in [7, 11) is 0. The van der Waals surface area contributed by atoms with Crippen LogP contribution in [0.25, 0.3) is 0 Å². The van der Waals surface area contributed by atoms with Gasteiger partial charge in [0.2, 0.25) is 5.91 Å². The molecule has 0 radical (unpaired) electrons. The van der Waals surface area contributed by atoms with E-state index >= 15 is 0 Å². The van der Waals surface area contributed by atoms with E-state index in [-0.39, 0.29) is 11.7 Å². The van der Waals surface area contributed by atoms with Crippen LogP contribution in [0.4, 0.5) is 11.4 Å². The number of nitrogens with two attached hydrogens (primary N) is 1. The van der Waals surface area contributed by atoms with Gasteiger partial charge in [-0.25, -0.2) is 4.98 Å². The second-order valence-electron chi connectivity index (χ2n) is 4.53. The minimum Gasteiger partial charge on any atom is -0.437 e. The Hall–Kier alpha value is -1.95. The number of nitrogen functional groups attached to an aromatic ring is 1. The van der Waals surface area contributed by atoms with Gasteiger partial charge in [0.1, 0.15) is 5.76 Å². The zero-order valence-corrected chi connectivity index (χ0v) is 12.5. The largest absolute Gasteiger partial charge is 0.437 e. The molecule has 106 valence electrons. The fourth-order valence-electron chi connectivity index (χ4n) is 1.65. The molecule has 0 aliphatic carbocycles. The van der Waals surface area contributed by atoms with E-state index in [1.807, 2.05) is 26.8 Å². The summed E-state index contributed by atoms with van der Waals surface area (Å²) >= 11 is 1.28. The van der Waals surface area contributed by atoms with Gasteiger partial charge in [0.25, 0.3) is 5.22 Å². The highest BCUT2D eigenvalue weighted by Gasteiger charge is 2.10. The van der Waals surface area contributed by atoms with Crippen LogP contribution < -0.4 is 11.1 Å². The summed E-state index contributed by atoms with van der Waals surface area (Å²) in [5.74, 6) is 0.933. The van der Waals surface area contributed by atoms with Gasteiger partial charge in [-0.15, -0.1) is 0 Å². The molecule has 0 saturated carbocycles. The molecule has 6 heteroatoms. The Morgan fingerprint density at radius 3 is 2.75 bits per heavy atom. The number of rotatable bonds is 4. The van der Waals surface area contributed by atoms with E-state index in [9.17, 15) is 4.79 Å². The Morgan fingerprint density at radius 1 is 1.40 bits per heavy atom. The highest BCUT2D eigenvalue weighted by Crippen LogP contribution is 2.21. The summed E-state index contributed by atoms with van der Waals surface area (Å²) in [6.45, 7) is 5.63. The molecule has 1 aromatic carbocycles. The molecule has 0 unspecified atom stereocenters. The van der Waals surface area contributed by atoms with Crippen LogP contribution in [0.2, 0.25) is 0 Å². The lowest BCUT2D eigenvalue weighted by Gasteiger charge is -2.08. The van der Waals surface area contributed by atoms with Crippen LogP contribution in [0, 0.1) is 20.8 Å². The first-order valence-corrected chi connectivity index (χ1v) is 7.17. The van der Waals surface area contributed by atoms with Crippen LogP contribution in [0.15, 0.2) is 27.8 Å². The molecule has 2 aromatic rings. The number of nitrogens with one attached hydrogen (secondary N) is 1. The molecule has 0 spiro atoms. The smallest absolute Gasteiger partial charge is 0.256 e. The Morgan fingerprint density at radius 2 is 2.15 bits per heavy atom. The minimum absolute atomic E-state index is 0.101. The normalized spacial score (nSPS) is 10.6. The lowest BCUT2D eigenvalue weighted by Crippen LogP contribution is -2.14. The lowest BCUT2D eigenvalue weighted by atomic mass is 10.2. The van der Waals surface area contributed by atoms with E-state index in [4.69, 9.17) is 10.2 Å². The summed E-state index contributed by atoms with van der Waals surface area (Å²) in [5.41, 5.74) is 8.91. The Bertz CT molecular complexity index is 618. The molecule has 0 atom stereocenters. The highest BCUT2D eigenvalue weighted by molar-refractivity contribution is 7.99. The van der Waals surface area contributed by atoms with Gasteiger partial charge < -0.3 is 15.5 Å². The fourth-order valence-corrected chi connectivity index (χ4v) is 2.36. The molecular formula is C14H17N3O2S. The van der Waals surface area contributed by atoms with Gasteiger partial charge in [-0.05, 0) is 44.5 Å². The lowest BCUT2D eigenvalue weighted by molar-refractivity contribution is -0.113. The minimum atomic E-state index is -0.101. The van der Waals surface area contributed by atoms with Crippen molar-refractivity contribution in [2.75, 3.05) is 16.8 Å². The number of aryl methyl sites for hydroxylation is 3. The highest BCUT2D eigenvalue weighted by atomic mass is 32.2. The monoisotopic (exact) mass is 291 g/mol. The molecule has 0 aliphatic rings. The fraction of sp³-hybridized carbons (Fsp3) is 0.286. The van der Waals surface area contributed by atoms with Crippen LogP contribution in [-0.4, -0.2) is 16.6 Å². The quantitative estimate of drug-likeness (QED) is 0.668. The number of aromatic nitrogens is 1. The first kappa shape index (κ1) is 14.5. The molecule has 0 aliphatic heterocycles. The van der Waals surface area contributed by atoms with Crippen molar-refractivity contribution in [1.29, 1.82) is 0 Å². The van der Waals surface area contributed by atoms with Crippen LogP contribution in [0.5, 0.6) is 0 Å². The number of carbonyl (C=O) groups excluding carboxylic acids is 1. The van der Waals surface area contributed by atoms with Crippen LogP contribution >= 0.6 is 11.8 Å².